The van der Waals surface area contributed by atoms with Gasteiger partial charge in [0.2, 0.25) is 17.7 Å². The molecule has 0 bridgehead atoms. The highest BCUT2D eigenvalue weighted by Gasteiger charge is 2.48. The number of amides is 5. The molecule has 5 amide bonds. The van der Waals surface area contributed by atoms with Gasteiger partial charge in [-0.25, -0.2) is 0 Å². The number of carbonyl (C=O) groups excluding carboxylic acids is 5. The van der Waals surface area contributed by atoms with Gasteiger partial charge in [-0.15, -0.1) is 0 Å². The highest BCUT2D eigenvalue weighted by atomic mass is 16.4. The predicted octanol–water partition coefficient (Wildman–Crippen LogP) is 0.193. The molecule has 3 heterocycles. The SMILES string of the molecule is O=C(O)CN1CCC2(CC1)CC(C(=O)NCCNc1cccc3c1C(=O)N(C1CCC(=O)NC1=O)C3=O)C2. The average Bonchev–Trinajstić information content (AvgIpc) is 3.11. The van der Waals surface area contributed by atoms with Gasteiger partial charge in [-0.1, -0.05) is 6.07 Å². The Labute approximate surface area is 219 Å². The van der Waals surface area contributed by atoms with E-state index in [2.05, 4.69) is 16.0 Å². The van der Waals surface area contributed by atoms with Crippen molar-refractivity contribution >= 4 is 41.2 Å². The van der Waals surface area contributed by atoms with Gasteiger partial charge in [0.05, 0.1) is 17.7 Å². The standard InChI is InChI=1S/C26H31N5O7/c32-19-5-4-18(23(36)29-19)31-24(37)16-2-1-3-17(21(16)25(31)38)27-8-9-28-22(35)15-12-26(13-15)6-10-30(11-7-26)14-20(33)34/h1-3,15,18,27H,4-14H2,(H,28,35)(H,33,34)(H,29,32,36). The Kier molecular flexibility index (Phi) is 6.91. The number of nitrogens with zero attached hydrogens (tertiary/aromatic N) is 2. The van der Waals surface area contributed by atoms with E-state index < -0.39 is 35.6 Å². The molecule has 2 saturated heterocycles. The molecule has 4 aliphatic rings. The van der Waals surface area contributed by atoms with Crippen molar-refractivity contribution in [3.63, 3.8) is 0 Å². The molecule has 1 atom stereocenters. The fourth-order valence-electron chi connectivity index (χ4n) is 6.15. The van der Waals surface area contributed by atoms with Gasteiger partial charge in [-0.05, 0) is 62.7 Å². The van der Waals surface area contributed by atoms with Gasteiger partial charge in [-0.2, -0.15) is 0 Å². The number of anilines is 1. The molecular formula is C26H31N5O7. The van der Waals surface area contributed by atoms with Crippen LogP contribution < -0.4 is 16.0 Å². The molecule has 1 aromatic carbocycles. The number of benzene rings is 1. The first kappa shape index (κ1) is 25.8. The Bertz CT molecular complexity index is 1200. The molecule has 1 spiro atoms. The van der Waals surface area contributed by atoms with Crippen LogP contribution >= 0.6 is 0 Å². The molecule has 0 aromatic heterocycles. The number of piperidine rings is 2. The van der Waals surface area contributed by atoms with Crippen LogP contribution in [0, 0.1) is 11.3 Å². The molecule has 202 valence electrons. The Morgan fingerprint density at radius 3 is 2.47 bits per heavy atom. The first-order chi connectivity index (χ1) is 18.2. The summed E-state index contributed by atoms with van der Waals surface area (Å²) in [5.41, 5.74) is 0.966. The number of carboxylic acids is 1. The van der Waals surface area contributed by atoms with Crippen molar-refractivity contribution in [1.82, 2.24) is 20.4 Å². The van der Waals surface area contributed by atoms with Gasteiger partial charge in [0.25, 0.3) is 11.8 Å². The van der Waals surface area contributed by atoms with Gasteiger partial charge < -0.3 is 15.7 Å². The van der Waals surface area contributed by atoms with E-state index in [4.69, 9.17) is 5.11 Å². The van der Waals surface area contributed by atoms with E-state index in [1.165, 1.54) is 6.07 Å². The third kappa shape index (κ3) is 4.87. The number of hydrogen-bond donors (Lipinski definition) is 4. The number of nitrogens with one attached hydrogen (secondary N) is 3. The van der Waals surface area contributed by atoms with E-state index in [-0.39, 0.29) is 47.8 Å². The molecule has 5 rings (SSSR count). The first-order valence-corrected chi connectivity index (χ1v) is 13.0. The monoisotopic (exact) mass is 525 g/mol. The van der Waals surface area contributed by atoms with Crippen molar-refractivity contribution in [2.75, 3.05) is 38.0 Å². The van der Waals surface area contributed by atoms with Crippen LogP contribution in [-0.4, -0.2) is 89.2 Å². The van der Waals surface area contributed by atoms with Crippen LogP contribution in [0.4, 0.5) is 5.69 Å². The van der Waals surface area contributed by atoms with E-state index in [0.717, 1.165) is 43.7 Å². The maximum atomic E-state index is 13.1. The largest absolute Gasteiger partial charge is 0.480 e. The normalized spacial score (nSPS) is 23.2. The van der Waals surface area contributed by atoms with Crippen molar-refractivity contribution in [3.8, 4) is 0 Å². The second kappa shape index (κ2) is 10.2. The van der Waals surface area contributed by atoms with E-state index in [9.17, 15) is 28.8 Å². The Morgan fingerprint density at radius 1 is 1.05 bits per heavy atom. The molecule has 38 heavy (non-hydrogen) atoms. The molecule has 0 radical (unpaired) electrons. The number of hydrogen-bond acceptors (Lipinski definition) is 8. The quantitative estimate of drug-likeness (QED) is 0.274. The van der Waals surface area contributed by atoms with Crippen LogP contribution in [0.15, 0.2) is 18.2 Å². The van der Waals surface area contributed by atoms with E-state index in [1.807, 2.05) is 4.90 Å². The van der Waals surface area contributed by atoms with Crippen molar-refractivity contribution in [3.05, 3.63) is 29.3 Å². The summed E-state index contributed by atoms with van der Waals surface area (Å²) in [6.07, 6.45) is 3.59. The predicted molar refractivity (Wildman–Crippen MR) is 133 cm³/mol. The minimum absolute atomic E-state index is 0.0148. The van der Waals surface area contributed by atoms with Gasteiger partial charge in [0, 0.05) is 31.1 Å². The fraction of sp³-hybridized carbons (Fsp3) is 0.538. The summed E-state index contributed by atoms with van der Waals surface area (Å²) in [6, 6.07) is 3.83. The Morgan fingerprint density at radius 2 is 1.79 bits per heavy atom. The summed E-state index contributed by atoms with van der Waals surface area (Å²) in [5, 5.41) is 17.2. The van der Waals surface area contributed by atoms with Gasteiger partial charge in [0.15, 0.2) is 0 Å². The smallest absolute Gasteiger partial charge is 0.317 e. The molecule has 1 aliphatic carbocycles. The lowest BCUT2D eigenvalue weighted by molar-refractivity contribution is -0.140. The summed E-state index contributed by atoms with van der Waals surface area (Å²) in [4.78, 5) is 76.2. The molecule has 1 unspecified atom stereocenters. The van der Waals surface area contributed by atoms with E-state index in [1.54, 1.807) is 12.1 Å². The topological polar surface area (TPSA) is 165 Å². The average molecular weight is 526 g/mol. The van der Waals surface area contributed by atoms with Crippen LogP contribution in [0.5, 0.6) is 0 Å². The third-order valence-corrected chi connectivity index (χ3v) is 8.21. The molecule has 12 heteroatoms. The van der Waals surface area contributed by atoms with Crippen LogP contribution in [0.1, 0.15) is 59.2 Å². The molecule has 3 aliphatic heterocycles. The third-order valence-electron chi connectivity index (χ3n) is 8.21. The van der Waals surface area contributed by atoms with E-state index >= 15 is 0 Å². The highest BCUT2D eigenvalue weighted by Crippen LogP contribution is 2.52. The van der Waals surface area contributed by atoms with Crippen molar-refractivity contribution in [2.24, 2.45) is 11.3 Å². The molecule has 1 saturated carbocycles. The fourth-order valence-corrected chi connectivity index (χ4v) is 6.15. The van der Waals surface area contributed by atoms with Crippen LogP contribution in [0.3, 0.4) is 0 Å². The van der Waals surface area contributed by atoms with Crippen molar-refractivity contribution < 1.29 is 33.9 Å². The maximum Gasteiger partial charge on any atom is 0.317 e. The van der Waals surface area contributed by atoms with Crippen LogP contribution in [-0.2, 0) is 19.2 Å². The number of fused-ring (bicyclic) bond motifs is 1. The van der Waals surface area contributed by atoms with Crippen molar-refractivity contribution in [2.45, 2.75) is 44.6 Å². The zero-order valence-corrected chi connectivity index (χ0v) is 21.0. The lowest BCUT2D eigenvalue weighted by atomic mass is 9.57. The Balaban J connectivity index is 1.10. The van der Waals surface area contributed by atoms with E-state index in [0.29, 0.717) is 18.8 Å². The molecule has 1 aromatic rings. The van der Waals surface area contributed by atoms with Crippen LogP contribution in [0.25, 0.3) is 0 Å². The number of aliphatic carboxylic acids is 1. The minimum Gasteiger partial charge on any atom is -0.480 e. The summed E-state index contributed by atoms with van der Waals surface area (Å²) < 4.78 is 0. The maximum absolute atomic E-state index is 13.1. The zero-order valence-electron chi connectivity index (χ0n) is 21.0. The van der Waals surface area contributed by atoms with Gasteiger partial charge >= 0.3 is 5.97 Å². The summed E-state index contributed by atoms with van der Waals surface area (Å²) >= 11 is 0. The zero-order chi connectivity index (χ0) is 27.0. The molecule has 12 nitrogen and oxygen atoms in total. The van der Waals surface area contributed by atoms with Gasteiger partial charge in [0.1, 0.15) is 6.04 Å². The number of carboxylic acid groups (broad SMARTS) is 1. The Hall–Kier alpha value is -3.80. The number of likely N-dealkylation sites (tertiary alicyclic amines) is 1. The van der Waals surface area contributed by atoms with Gasteiger partial charge in [-0.3, -0.25) is 43.9 Å². The number of imide groups is 2. The number of carbonyl (C=O) groups is 6. The lowest BCUT2D eigenvalue weighted by Crippen LogP contribution is -2.54. The molecule has 4 N–H and O–H groups in total. The second-order valence-electron chi connectivity index (χ2n) is 10.7. The summed E-state index contributed by atoms with van der Waals surface area (Å²) in [6.45, 7) is 2.22. The second-order valence-corrected chi connectivity index (χ2v) is 10.7. The lowest BCUT2D eigenvalue weighted by Gasteiger charge is -2.51. The highest BCUT2D eigenvalue weighted by molar-refractivity contribution is 6.25. The molecule has 3 fully saturated rings. The first-order valence-electron chi connectivity index (χ1n) is 13.0. The summed E-state index contributed by atoms with van der Waals surface area (Å²) in [5.74, 6) is -3.11. The van der Waals surface area contributed by atoms with Crippen molar-refractivity contribution in [1.29, 1.82) is 0 Å². The minimum atomic E-state index is -1.03. The summed E-state index contributed by atoms with van der Waals surface area (Å²) in [7, 11) is 0. The van der Waals surface area contributed by atoms with Crippen LogP contribution in [0.2, 0.25) is 0 Å². The number of rotatable bonds is 8. The molecular weight excluding hydrogens is 494 g/mol.